The molecule has 10 nitrogen and oxygen atoms in total. The Kier molecular flexibility index (Phi) is 8.64. The van der Waals surface area contributed by atoms with E-state index in [-0.39, 0.29) is 35.7 Å². The first-order valence-electron chi connectivity index (χ1n) is 15.1. The lowest BCUT2D eigenvalue weighted by atomic mass is 9.85. The number of hydrogen-bond donors (Lipinski definition) is 1. The molecule has 0 radical (unpaired) electrons. The van der Waals surface area contributed by atoms with Crippen molar-refractivity contribution in [2.45, 2.75) is 103 Å². The van der Waals surface area contributed by atoms with Crippen LogP contribution in [-0.4, -0.2) is 70.1 Å². The fourth-order valence-electron chi connectivity index (χ4n) is 6.21. The number of carbonyl (C=O) groups is 3. The summed E-state index contributed by atoms with van der Waals surface area (Å²) in [5.74, 6) is -5.50. The van der Waals surface area contributed by atoms with Crippen LogP contribution in [0.15, 0.2) is 18.2 Å². The van der Waals surface area contributed by atoms with Gasteiger partial charge in [-0.05, 0) is 43.7 Å². The minimum Gasteiger partial charge on any atom is -0.471 e. The fourth-order valence-corrected chi connectivity index (χ4v) is 6.21. The first-order valence-corrected chi connectivity index (χ1v) is 15.1. The molecule has 3 aliphatic rings. The highest BCUT2D eigenvalue weighted by Gasteiger charge is 2.54. The number of alkyl halides is 4. The fraction of sp³-hybridized carbons (Fsp3) is 0.645. The Bertz CT molecular complexity index is 1470. The molecule has 0 unspecified atom stereocenters. The van der Waals surface area contributed by atoms with Gasteiger partial charge in [0.15, 0.2) is 5.69 Å². The number of aldehydes is 1. The minimum atomic E-state index is -3.48. The lowest BCUT2D eigenvalue weighted by Crippen LogP contribution is -2.56. The summed E-state index contributed by atoms with van der Waals surface area (Å²) in [7, 11) is 0. The average molecular weight is 639 g/mol. The van der Waals surface area contributed by atoms with Gasteiger partial charge in [-0.3, -0.25) is 4.79 Å². The van der Waals surface area contributed by atoms with Crippen molar-refractivity contribution in [2.75, 3.05) is 6.54 Å². The number of aromatic nitrogens is 2. The molecule has 0 spiro atoms. The van der Waals surface area contributed by atoms with E-state index in [2.05, 4.69) is 20.0 Å². The van der Waals surface area contributed by atoms with E-state index in [0.29, 0.717) is 25.5 Å². The molecule has 2 fully saturated rings. The Labute approximate surface area is 258 Å². The number of rotatable bonds is 3. The largest absolute Gasteiger partial charge is 0.471 e. The second-order valence-corrected chi connectivity index (χ2v) is 13.5. The second kappa shape index (κ2) is 11.9. The summed E-state index contributed by atoms with van der Waals surface area (Å²) in [4.78, 5) is 48.9. The third kappa shape index (κ3) is 6.79. The molecule has 1 aliphatic carbocycles. The van der Waals surface area contributed by atoms with Gasteiger partial charge in [0.05, 0.1) is 23.6 Å². The Hall–Kier alpha value is -3.71. The number of carbonyl (C=O) groups excluding carboxylic acids is 3. The van der Waals surface area contributed by atoms with Crippen LogP contribution in [-0.2, 0) is 20.2 Å². The third-order valence-corrected chi connectivity index (χ3v) is 9.07. The van der Waals surface area contributed by atoms with Gasteiger partial charge in [0, 0.05) is 24.3 Å². The first-order chi connectivity index (χ1) is 21.0. The van der Waals surface area contributed by atoms with Gasteiger partial charge < -0.3 is 29.2 Å². The smallest absolute Gasteiger partial charge is 0.408 e. The van der Waals surface area contributed by atoms with Crippen molar-refractivity contribution < 1.29 is 46.2 Å². The van der Waals surface area contributed by atoms with Gasteiger partial charge in [-0.1, -0.05) is 34.1 Å². The lowest BCUT2D eigenvalue weighted by molar-refractivity contribution is -0.139. The molecule has 1 N–H and O–H groups in total. The van der Waals surface area contributed by atoms with Crippen LogP contribution in [0.5, 0.6) is 11.6 Å². The van der Waals surface area contributed by atoms with Crippen molar-refractivity contribution in [3.05, 3.63) is 23.9 Å². The summed E-state index contributed by atoms with van der Waals surface area (Å²) in [6, 6.07) is 1.52. The quantitative estimate of drug-likeness (QED) is 0.341. The van der Waals surface area contributed by atoms with Gasteiger partial charge in [-0.25, -0.2) is 14.8 Å². The van der Waals surface area contributed by atoms with E-state index < -0.39 is 77.7 Å². The van der Waals surface area contributed by atoms with Crippen molar-refractivity contribution in [2.24, 2.45) is 17.3 Å². The SMILES string of the molecule is C[C@@H]1[C@@H]2CN(C(=O)[C@H](C(C)(C)C)NC(=O)O[C@]3(C)C[C@H]3CCCCC(F)(F)c3nc4ccc(OC(F)F)cc4nc3O2)[C@@H]1C=O. The molecule has 6 atom stereocenters. The molecule has 2 aromatic rings. The van der Waals surface area contributed by atoms with Gasteiger partial charge in [0.2, 0.25) is 11.8 Å². The van der Waals surface area contributed by atoms with E-state index in [4.69, 9.17) is 9.47 Å². The normalized spacial score (nSPS) is 30.7. The number of benzene rings is 1. The maximum atomic E-state index is 15.9. The molecule has 2 bridgehead atoms. The predicted octanol–water partition coefficient (Wildman–Crippen LogP) is 5.61. The van der Waals surface area contributed by atoms with E-state index >= 15 is 8.78 Å². The Morgan fingerprint density at radius 3 is 2.56 bits per heavy atom. The summed E-state index contributed by atoms with van der Waals surface area (Å²) < 4.78 is 73.7. The molecule has 1 aromatic carbocycles. The van der Waals surface area contributed by atoms with Gasteiger partial charge in [-0.2, -0.15) is 17.6 Å². The third-order valence-electron chi connectivity index (χ3n) is 9.07. The molecular formula is C31H38F4N4O6. The van der Waals surface area contributed by atoms with Crippen LogP contribution in [0, 0.1) is 17.3 Å². The Morgan fingerprint density at radius 2 is 1.89 bits per heavy atom. The molecule has 14 heteroatoms. The highest BCUT2D eigenvalue weighted by Crippen LogP contribution is 2.50. The molecule has 1 saturated carbocycles. The van der Waals surface area contributed by atoms with E-state index in [9.17, 15) is 23.2 Å². The number of nitrogens with zero attached hydrogens (tertiary/aromatic N) is 3. The van der Waals surface area contributed by atoms with Crippen molar-refractivity contribution >= 4 is 29.3 Å². The zero-order valence-electron chi connectivity index (χ0n) is 25.8. The number of halogens is 4. The summed E-state index contributed by atoms with van der Waals surface area (Å²) in [6.07, 6.45) is -0.0463. The summed E-state index contributed by atoms with van der Waals surface area (Å²) in [5, 5.41) is 2.70. The molecule has 2 amide bonds. The molecule has 5 rings (SSSR count). The van der Waals surface area contributed by atoms with Crippen LogP contribution >= 0.6 is 0 Å². The maximum absolute atomic E-state index is 15.9. The maximum Gasteiger partial charge on any atom is 0.408 e. The van der Waals surface area contributed by atoms with Crippen molar-refractivity contribution in [1.29, 1.82) is 0 Å². The number of hydrogen-bond acceptors (Lipinski definition) is 8. The molecule has 3 heterocycles. The number of nitrogens with one attached hydrogen (secondary N) is 1. The van der Waals surface area contributed by atoms with E-state index in [0.717, 1.165) is 6.07 Å². The zero-order valence-corrected chi connectivity index (χ0v) is 25.8. The van der Waals surface area contributed by atoms with Crippen LogP contribution < -0.4 is 14.8 Å². The molecule has 1 aromatic heterocycles. The van der Waals surface area contributed by atoms with Gasteiger partial charge in [0.1, 0.15) is 29.8 Å². The highest BCUT2D eigenvalue weighted by molar-refractivity contribution is 5.89. The van der Waals surface area contributed by atoms with Crippen LogP contribution in [0.1, 0.15) is 72.4 Å². The minimum absolute atomic E-state index is 0.0149. The molecule has 1 saturated heterocycles. The molecule has 2 aliphatic heterocycles. The van der Waals surface area contributed by atoms with Crippen molar-refractivity contribution in [3.8, 4) is 11.6 Å². The number of amides is 2. The highest BCUT2D eigenvalue weighted by atomic mass is 19.3. The molecule has 45 heavy (non-hydrogen) atoms. The number of ether oxygens (including phenoxy) is 3. The van der Waals surface area contributed by atoms with Crippen LogP contribution in [0.3, 0.4) is 0 Å². The second-order valence-electron chi connectivity index (χ2n) is 13.5. The van der Waals surface area contributed by atoms with E-state index in [1.807, 2.05) is 0 Å². The predicted molar refractivity (Wildman–Crippen MR) is 153 cm³/mol. The van der Waals surface area contributed by atoms with Crippen molar-refractivity contribution in [1.82, 2.24) is 20.2 Å². The lowest BCUT2D eigenvalue weighted by Gasteiger charge is -2.35. The number of alkyl carbamates (subject to hydrolysis) is 1. The van der Waals surface area contributed by atoms with Gasteiger partial charge >= 0.3 is 12.7 Å². The average Bonchev–Trinajstić information content (AvgIpc) is 3.46. The zero-order chi connectivity index (χ0) is 32.9. The van der Waals surface area contributed by atoms with Gasteiger partial charge in [-0.15, -0.1) is 0 Å². The Balaban J connectivity index is 1.56. The van der Waals surface area contributed by atoms with E-state index in [1.165, 1.54) is 17.0 Å². The van der Waals surface area contributed by atoms with E-state index in [1.54, 1.807) is 34.6 Å². The summed E-state index contributed by atoms with van der Waals surface area (Å²) in [6.45, 7) is 5.42. The topological polar surface area (TPSA) is 120 Å². The Morgan fingerprint density at radius 1 is 1.16 bits per heavy atom. The van der Waals surface area contributed by atoms with Crippen molar-refractivity contribution in [3.63, 3.8) is 0 Å². The summed E-state index contributed by atoms with van der Waals surface area (Å²) >= 11 is 0. The summed E-state index contributed by atoms with van der Waals surface area (Å²) in [5.41, 5.74) is -2.28. The molecule has 246 valence electrons. The van der Waals surface area contributed by atoms with Gasteiger partial charge in [0.25, 0.3) is 5.92 Å². The first kappa shape index (κ1) is 32.7. The monoisotopic (exact) mass is 638 g/mol. The van der Waals surface area contributed by atoms with Crippen LogP contribution in [0.4, 0.5) is 22.4 Å². The van der Waals surface area contributed by atoms with Crippen LogP contribution in [0.25, 0.3) is 11.0 Å². The van der Waals surface area contributed by atoms with Crippen LogP contribution in [0.2, 0.25) is 0 Å². The number of fused-ring (bicyclic) bond motifs is 5. The standard InChI is InChI=1S/C31H38F4N4O6/c1-16-21(15-40)39-14-22(16)44-25-23(36-19-10-9-18(43-27(32)33)12-20(19)37-25)31(34,35)11-7-6-8-17-13-30(17,5)45-28(42)38-24(26(39)41)29(2,3)4/h9-10,12,15-17,21-22,24,27H,6-8,11,13-14H2,1-5H3,(H,38,42)/t16-,17+,21+,22-,24+,30+/m0/s1. The molecular weight excluding hydrogens is 600 g/mol.